The molecule has 0 saturated heterocycles. The normalized spacial score (nSPS) is 11.8. The fraction of sp³-hybridized carbons (Fsp3) is 0.278. The minimum atomic E-state index is -3.00. The molecular formula is C18H22N2O4Si. The van der Waals surface area contributed by atoms with E-state index in [4.69, 9.17) is 13.6 Å². The fourth-order valence-electron chi connectivity index (χ4n) is 2.57. The van der Waals surface area contributed by atoms with Gasteiger partial charge in [0.2, 0.25) is 0 Å². The highest BCUT2D eigenvalue weighted by Gasteiger charge is 2.33. The molecule has 0 spiro atoms. The first-order valence-corrected chi connectivity index (χ1v) is 10.1. The van der Waals surface area contributed by atoms with Crippen molar-refractivity contribution < 1.29 is 18.4 Å². The van der Waals surface area contributed by atoms with Crippen LogP contribution in [-0.2, 0) is 8.85 Å². The molecule has 0 saturated carbocycles. The second kappa shape index (κ2) is 7.79. The number of para-hydroxylation sites is 2. The van der Waals surface area contributed by atoms with Crippen molar-refractivity contribution in [2.75, 3.05) is 20.8 Å². The first-order valence-electron chi connectivity index (χ1n) is 8.14. The Morgan fingerprint density at radius 3 is 2.44 bits per heavy atom. The van der Waals surface area contributed by atoms with Crippen LogP contribution >= 0.6 is 0 Å². The van der Waals surface area contributed by atoms with Crippen LogP contribution in [0.15, 0.2) is 48.5 Å². The van der Waals surface area contributed by atoms with Crippen molar-refractivity contribution in [2.45, 2.75) is 12.5 Å². The van der Waals surface area contributed by atoms with Gasteiger partial charge in [-0.2, -0.15) is 0 Å². The Bertz CT molecular complexity index is 782. The zero-order valence-electron chi connectivity index (χ0n) is 14.4. The first-order chi connectivity index (χ1) is 12.1. The van der Waals surface area contributed by atoms with E-state index in [1.807, 2.05) is 48.5 Å². The predicted octanol–water partition coefficient (Wildman–Crippen LogP) is 3.22. The number of hydrogen-bond acceptors (Lipinski definition) is 5. The van der Waals surface area contributed by atoms with Gasteiger partial charge in [0.1, 0.15) is 11.6 Å². The van der Waals surface area contributed by atoms with Crippen LogP contribution in [0.5, 0.6) is 5.75 Å². The number of rotatable bonds is 8. The van der Waals surface area contributed by atoms with Gasteiger partial charge < -0.3 is 23.4 Å². The highest BCUT2D eigenvalue weighted by Crippen LogP contribution is 2.23. The van der Waals surface area contributed by atoms with E-state index in [9.17, 15) is 4.80 Å². The number of fused-ring (bicyclic) bond motifs is 1. The number of aromatic nitrogens is 2. The summed E-state index contributed by atoms with van der Waals surface area (Å²) in [4.78, 5) is 17.9. The van der Waals surface area contributed by atoms with Gasteiger partial charge in [-0.15, -0.1) is 0 Å². The van der Waals surface area contributed by atoms with Crippen LogP contribution in [0.25, 0.3) is 22.4 Å². The van der Waals surface area contributed by atoms with Crippen molar-refractivity contribution in [3.8, 4) is 17.1 Å². The molecule has 0 aliphatic rings. The second-order valence-electron chi connectivity index (χ2n) is 5.70. The van der Waals surface area contributed by atoms with Gasteiger partial charge in [0.25, 0.3) is 0 Å². The van der Waals surface area contributed by atoms with Crippen molar-refractivity contribution in [1.82, 2.24) is 9.97 Å². The van der Waals surface area contributed by atoms with E-state index in [1.165, 1.54) is 14.2 Å². The lowest BCUT2D eigenvalue weighted by Crippen LogP contribution is -2.40. The number of imidazole rings is 1. The molecule has 2 aromatic carbocycles. The molecule has 3 aromatic rings. The summed E-state index contributed by atoms with van der Waals surface area (Å²) in [5, 5.41) is 0. The Balaban J connectivity index is 1.57. The summed E-state index contributed by atoms with van der Waals surface area (Å²) in [7, 11) is -0.0661. The maximum atomic E-state index is 9.98. The Morgan fingerprint density at radius 2 is 1.76 bits per heavy atom. The van der Waals surface area contributed by atoms with Crippen LogP contribution in [-0.4, -0.2) is 44.4 Å². The fourth-order valence-corrected chi connectivity index (χ4v) is 3.74. The molecule has 6 nitrogen and oxygen atoms in total. The smallest absolute Gasteiger partial charge is 0.494 e. The molecule has 25 heavy (non-hydrogen) atoms. The maximum absolute atomic E-state index is 9.98. The van der Waals surface area contributed by atoms with Crippen molar-refractivity contribution >= 4 is 19.8 Å². The largest absolute Gasteiger partial charge is 0.497 e. The van der Waals surface area contributed by atoms with Crippen molar-refractivity contribution in [3.63, 3.8) is 0 Å². The van der Waals surface area contributed by atoms with Gasteiger partial charge in [0.05, 0.1) is 17.6 Å². The van der Waals surface area contributed by atoms with E-state index in [-0.39, 0.29) is 0 Å². The third-order valence-corrected chi connectivity index (χ3v) is 6.32. The summed E-state index contributed by atoms with van der Waals surface area (Å²) in [5.41, 5.74) is 2.97. The molecular weight excluding hydrogens is 336 g/mol. The van der Waals surface area contributed by atoms with Crippen LogP contribution in [0.1, 0.15) is 6.42 Å². The number of nitrogens with one attached hydrogen (secondary N) is 1. The summed E-state index contributed by atoms with van der Waals surface area (Å²) in [6.07, 6.45) is 0.662. The molecule has 7 heteroatoms. The number of hydrogen-bond donors (Lipinski definition) is 2. The van der Waals surface area contributed by atoms with Crippen molar-refractivity contribution in [2.24, 2.45) is 0 Å². The molecule has 1 aromatic heterocycles. The minimum absolute atomic E-state index is 0.469. The number of aromatic amines is 1. The van der Waals surface area contributed by atoms with E-state index >= 15 is 0 Å². The molecule has 0 fully saturated rings. The van der Waals surface area contributed by atoms with E-state index in [0.29, 0.717) is 19.1 Å². The molecule has 132 valence electrons. The summed E-state index contributed by atoms with van der Waals surface area (Å²) in [6, 6.07) is 16.2. The van der Waals surface area contributed by atoms with Gasteiger partial charge in [-0.05, 0) is 42.8 Å². The molecule has 1 heterocycles. The molecule has 0 bridgehead atoms. The standard InChI is InChI=1S/C18H22N2O4Si/c1-22-25(21,23-2)13-5-12-24-15-10-8-14(9-11-15)18-19-16-6-3-4-7-17(16)20-18/h3-4,6-11,21H,5,12-13H2,1-2H3,(H,19,20). The number of benzene rings is 2. The zero-order chi connectivity index (χ0) is 17.7. The van der Waals surface area contributed by atoms with Gasteiger partial charge in [-0.25, -0.2) is 4.98 Å². The lowest BCUT2D eigenvalue weighted by Gasteiger charge is -2.19. The van der Waals surface area contributed by atoms with E-state index in [1.54, 1.807) is 0 Å². The topological polar surface area (TPSA) is 76.6 Å². The molecule has 0 aliphatic carbocycles. The van der Waals surface area contributed by atoms with E-state index < -0.39 is 8.80 Å². The summed E-state index contributed by atoms with van der Waals surface area (Å²) in [5.74, 6) is 1.61. The number of H-pyrrole nitrogens is 1. The Labute approximate surface area is 147 Å². The molecule has 0 atom stereocenters. The lowest BCUT2D eigenvalue weighted by molar-refractivity contribution is 0.148. The molecule has 0 aliphatic heterocycles. The maximum Gasteiger partial charge on any atom is 0.497 e. The van der Waals surface area contributed by atoms with Crippen LogP contribution in [0, 0.1) is 0 Å². The molecule has 0 radical (unpaired) electrons. The van der Waals surface area contributed by atoms with Gasteiger partial charge >= 0.3 is 8.80 Å². The SMILES string of the molecule is CO[Si](O)(CCCOc1ccc(-c2nc3ccccc3[nH]2)cc1)OC. The minimum Gasteiger partial charge on any atom is -0.494 e. The molecule has 0 amide bonds. The van der Waals surface area contributed by atoms with Crippen LogP contribution in [0.4, 0.5) is 0 Å². The summed E-state index contributed by atoms with van der Waals surface area (Å²) >= 11 is 0. The van der Waals surface area contributed by atoms with Crippen molar-refractivity contribution in [3.05, 3.63) is 48.5 Å². The van der Waals surface area contributed by atoms with Gasteiger partial charge in [0, 0.05) is 25.8 Å². The average Bonchev–Trinajstić information content (AvgIpc) is 3.10. The first kappa shape index (κ1) is 17.6. The summed E-state index contributed by atoms with van der Waals surface area (Å²) < 4.78 is 15.8. The quantitative estimate of drug-likeness (QED) is 0.478. The predicted molar refractivity (Wildman–Crippen MR) is 98.4 cm³/mol. The monoisotopic (exact) mass is 358 g/mol. The van der Waals surface area contributed by atoms with Crippen LogP contribution < -0.4 is 4.74 Å². The zero-order valence-corrected chi connectivity index (χ0v) is 15.4. The molecule has 3 rings (SSSR count). The highest BCUT2D eigenvalue weighted by atomic mass is 28.4. The molecule has 0 unspecified atom stereocenters. The van der Waals surface area contributed by atoms with Crippen LogP contribution in [0.2, 0.25) is 6.04 Å². The summed E-state index contributed by atoms with van der Waals surface area (Å²) in [6.45, 7) is 0.492. The lowest BCUT2D eigenvalue weighted by atomic mass is 10.2. The number of nitrogens with zero attached hydrogens (tertiary/aromatic N) is 1. The highest BCUT2D eigenvalue weighted by molar-refractivity contribution is 6.59. The second-order valence-corrected chi connectivity index (χ2v) is 8.44. The van der Waals surface area contributed by atoms with Gasteiger partial charge in [-0.1, -0.05) is 12.1 Å². The Morgan fingerprint density at radius 1 is 1.04 bits per heavy atom. The van der Waals surface area contributed by atoms with Crippen LogP contribution in [0.3, 0.4) is 0 Å². The Kier molecular flexibility index (Phi) is 5.49. The third kappa shape index (κ3) is 4.26. The van der Waals surface area contributed by atoms with E-state index in [0.717, 1.165) is 28.2 Å². The van der Waals surface area contributed by atoms with Gasteiger partial charge in [-0.3, -0.25) is 0 Å². The Hall–Kier alpha value is -2.19. The third-order valence-electron chi connectivity index (χ3n) is 4.06. The van der Waals surface area contributed by atoms with E-state index in [2.05, 4.69) is 9.97 Å². The average molecular weight is 358 g/mol. The van der Waals surface area contributed by atoms with Crippen molar-refractivity contribution in [1.29, 1.82) is 0 Å². The number of ether oxygens (including phenoxy) is 1. The molecule has 2 N–H and O–H groups in total. The van der Waals surface area contributed by atoms with Gasteiger partial charge in [0.15, 0.2) is 0 Å².